The van der Waals surface area contributed by atoms with Gasteiger partial charge in [0.1, 0.15) is 0 Å². The molecule has 72 valence electrons. The molecule has 0 bridgehead atoms. The fourth-order valence-electron chi connectivity index (χ4n) is 1.06. The molecule has 1 aromatic rings. The van der Waals surface area contributed by atoms with Crippen molar-refractivity contribution in [3.8, 4) is 0 Å². The Balaban J connectivity index is 2.91. The van der Waals surface area contributed by atoms with Gasteiger partial charge in [0.2, 0.25) is 0 Å². The van der Waals surface area contributed by atoms with Crippen LogP contribution in [0.25, 0.3) is 0 Å². The summed E-state index contributed by atoms with van der Waals surface area (Å²) in [6.45, 7) is 4.12. The van der Waals surface area contributed by atoms with Crippen LogP contribution in [-0.4, -0.2) is 0 Å². The number of hydrogen-bond donors (Lipinski definition) is 2. The maximum atomic E-state index is 5.47. The highest BCUT2D eigenvalue weighted by molar-refractivity contribution is 9.10. The number of rotatable bonds is 3. The van der Waals surface area contributed by atoms with Gasteiger partial charge >= 0.3 is 0 Å². The van der Waals surface area contributed by atoms with Crippen molar-refractivity contribution in [3.63, 3.8) is 0 Å². The van der Waals surface area contributed by atoms with Crippen LogP contribution in [0.5, 0.6) is 0 Å². The summed E-state index contributed by atoms with van der Waals surface area (Å²) in [4.78, 5) is 1.21. The Morgan fingerprint density at radius 2 is 2.38 bits per heavy atom. The molecule has 0 aromatic carbocycles. The van der Waals surface area contributed by atoms with E-state index in [1.807, 2.05) is 11.4 Å². The van der Waals surface area contributed by atoms with Crippen LogP contribution in [-0.2, 0) is 0 Å². The summed E-state index contributed by atoms with van der Waals surface area (Å²) < 4.78 is 1.11. The predicted molar refractivity (Wildman–Crippen MR) is 61.5 cm³/mol. The van der Waals surface area contributed by atoms with E-state index in [4.69, 9.17) is 5.84 Å². The molecule has 1 atom stereocenters. The highest BCUT2D eigenvalue weighted by Gasteiger charge is 2.10. The van der Waals surface area contributed by atoms with Crippen LogP contribution in [0.3, 0.4) is 0 Å². The Bertz CT molecular complexity index is 302. The van der Waals surface area contributed by atoms with Gasteiger partial charge in [-0.1, -0.05) is 11.6 Å². The van der Waals surface area contributed by atoms with Crippen LogP contribution in [0.15, 0.2) is 27.6 Å². The van der Waals surface area contributed by atoms with E-state index in [-0.39, 0.29) is 6.04 Å². The number of halogens is 1. The fraction of sp³-hybridized carbons (Fsp3) is 0.333. The Hall–Kier alpha value is -0.160. The molecule has 0 saturated carbocycles. The first-order chi connectivity index (χ1) is 6.15. The van der Waals surface area contributed by atoms with Crippen molar-refractivity contribution in [2.24, 2.45) is 5.84 Å². The highest BCUT2D eigenvalue weighted by Crippen LogP contribution is 2.29. The van der Waals surface area contributed by atoms with E-state index < -0.39 is 0 Å². The molecule has 1 rings (SSSR count). The number of nitrogens with one attached hydrogen (secondary N) is 1. The van der Waals surface area contributed by atoms with Gasteiger partial charge in [-0.25, -0.2) is 5.43 Å². The second-order valence-corrected chi connectivity index (χ2v) is 4.82. The lowest BCUT2D eigenvalue weighted by Gasteiger charge is -2.10. The van der Waals surface area contributed by atoms with Crippen LogP contribution in [0.4, 0.5) is 0 Å². The van der Waals surface area contributed by atoms with Gasteiger partial charge in [-0.3, -0.25) is 5.84 Å². The van der Waals surface area contributed by atoms with E-state index in [0.717, 1.165) is 4.47 Å². The molecule has 0 fully saturated rings. The normalized spacial score (nSPS) is 12.6. The largest absolute Gasteiger partial charge is 0.271 e. The van der Waals surface area contributed by atoms with E-state index >= 15 is 0 Å². The van der Waals surface area contributed by atoms with Crippen LogP contribution in [0.2, 0.25) is 0 Å². The third kappa shape index (κ3) is 2.91. The first-order valence-electron chi connectivity index (χ1n) is 3.99. The maximum Gasteiger partial charge on any atom is 0.0747 e. The van der Waals surface area contributed by atoms with Gasteiger partial charge in [0, 0.05) is 9.35 Å². The van der Waals surface area contributed by atoms with Crippen molar-refractivity contribution in [2.45, 2.75) is 19.9 Å². The molecule has 3 N–H and O–H groups in total. The SMILES string of the molecule is CC(C)=CC(NN)c1sccc1Br. The molecule has 1 heterocycles. The number of nitrogens with two attached hydrogens (primary N) is 1. The minimum absolute atomic E-state index is 0.111. The molecule has 0 aliphatic carbocycles. The van der Waals surface area contributed by atoms with Crippen molar-refractivity contribution < 1.29 is 0 Å². The second-order valence-electron chi connectivity index (χ2n) is 3.02. The summed E-state index contributed by atoms with van der Waals surface area (Å²) in [6, 6.07) is 2.14. The summed E-state index contributed by atoms with van der Waals surface area (Å²) in [6.07, 6.45) is 2.11. The van der Waals surface area contributed by atoms with E-state index in [2.05, 4.69) is 41.3 Å². The molecule has 0 aliphatic rings. The van der Waals surface area contributed by atoms with Crippen molar-refractivity contribution in [1.29, 1.82) is 0 Å². The first-order valence-corrected chi connectivity index (χ1v) is 5.66. The van der Waals surface area contributed by atoms with Gasteiger partial charge in [0.25, 0.3) is 0 Å². The average Bonchev–Trinajstić information content (AvgIpc) is 2.47. The monoisotopic (exact) mass is 260 g/mol. The lowest BCUT2D eigenvalue weighted by molar-refractivity contribution is 0.660. The molecule has 0 amide bonds. The second kappa shape index (κ2) is 4.91. The average molecular weight is 261 g/mol. The molecule has 1 aromatic heterocycles. The molecular weight excluding hydrogens is 248 g/mol. The summed E-state index contributed by atoms with van der Waals surface area (Å²) in [7, 11) is 0. The van der Waals surface area contributed by atoms with Crippen molar-refractivity contribution in [2.75, 3.05) is 0 Å². The lowest BCUT2D eigenvalue weighted by Crippen LogP contribution is -2.26. The third-order valence-corrected chi connectivity index (χ3v) is 3.56. The Kier molecular flexibility index (Phi) is 4.12. The molecule has 0 radical (unpaired) electrons. The lowest BCUT2D eigenvalue weighted by atomic mass is 10.2. The number of allylic oxidation sites excluding steroid dienone is 1. The van der Waals surface area contributed by atoms with Crippen LogP contribution < -0.4 is 11.3 Å². The van der Waals surface area contributed by atoms with Crippen LogP contribution >= 0.6 is 27.3 Å². The molecule has 13 heavy (non-hydrogen) atoms. The number of hydrazine groups is 1. The number of thiophene rings is 1. The van der Waals surface area contributed by atoms with Crippen molar-refractivity contribution in [1.82, 2.24) is 5.43 Å². The topological polar surface area (TPSA) is 38.0 Å². The fourth-order valence-corrected chi connectivity index (χ4v) is 2.71. The van der Waals surface area contributed by atoms with Crippen molar-refractivity contribution in [3.05, 3.63) is 32.4 Å². The zero-order chi connectivity index (χ0) is 9.84. The van der Waals surface area contributed by atoms with Gasteiger partial charge in [0.05, 0.1) is 6.04 Å². The van der Waals surface area contributed by atoms with Gasteiger partial charge in [-0.15, -0.1) is 11.3 Å². The highest BCUT2D eigenvalue weighted by atomic mass is 79.9. The summed E-state index contributed by atoms with van der Waals surface area (Å²) in [5, 5.41) is 2.04. The molecule has 1 unspecified atom stereocenters. The Morgan fingerprint density at radius 1 is 1.69 bits per heavy atom. The van der Waals surface area contributed by atoms with Crippen LogP contribution in [0, 0.1) is 0 Å². The van der Waals surface area contributed by atoms with E-state index in [9.17, 15) is 0 Å². The standard InChI is InChI=1S/C9H13BrN2S/c1-6(2)5-8(12-11)9-7(10)3-4-13-9/h3-5,8,12H,11H2,1-2H3. The quantitative estimate of drug-likeness (QED) is 0.498. The smallest absolute Gasteiger partial charge is 0.0747 e. The molecule has 2 nitrogen and oxygen atoms in total. The van der Waals surface area contributed by atoms with Gasteiger partial charge in [-0.05, 0) is 41.2 Å². The molecule has 0 aliphatic heterocycles. The number of hydrogen-bond acceptors (Lipinski definition) is 3. The zero-order valence-corrected chi connectivity index (χ0v) is 10.1. The van der Waals surface area contributed by atoms with Gasteiger partial charge in [0.15, 0.2) is 0 Å². The summed E-state index contributed by atoms with van der Waals surface area (Å²) in [5.74, 6) is 5.47. The molecular formula is C9H13BrN2S. The van der Waals surface area contributed by atoms with Crippen LogP contribution in [0.1, 0.15) is 24.8 Å². The maximum absolute atomic E-state index is 5.47. The van der Waals surface area contributed by atoms with E-state index in [1.54, 1.807) is 11.3 Å². The zero-order valence-electron chi connectivity index (χ0n) is 7.67. The first kappa shape index (κ1) is 10.9. The Morgan fingerprint density at radius 3 is 2.77 bits per heavy atom. The molecule has 4 heteroatoms. The Labute approximate surface area is 90.9 Å². The van der Waals surface area contributed by atoms with E-state index in [0.29, 0.717) is 0 Å². The summed E-state index contributed by atoms with van der Waals surface area (Å²) in [5.41, 5.74) is 4.03. The molecule has 0 spiro atoms. The minimum Gasteiger partial charge on any atom is -0.271 e. The minimum atomic E-state index is 0.111. The van der Waals surface area contributed by atoms with Gasteiger partial charge in [-0.2, -0.15) is 0 Å². The van der Waals surface area contributed by atoms with Crippen molar-refractivity contribution >= 4 is 27.3 Å². The van der Waals surface area contributed by atoms with E-state index in [1.165, 1.54) is 10.5 Å². The molecule has 0 saturated heterocycles. The summed E-state index contributed by atoms with van der Waals surface area (Å²) >= 11 is 5.17. The van der Waals surface area contributed by atoms with Gasteiger partial charge < -0.3 is 0 Å². The predicted octanol–water partition coefficient (Wildman–Crippen LogP) is 2.98. The third-order valence-electron chi connectivity index (χ3n) is 1.61.